The Balaban J connectivity index is 1.91. The lowest BCUT2D eigenvalue weighted by Gasteiger charge is -2.26. The minimum Gasteiger partial charge on any atom is -0.497 e. The second-order valence-electron chi connectivity index (χ2n) is 6.13. The van der Waals surface area contributed by atoms with Gasteiger partial charge in [0, 0.05) is 13.1 Å². The maximum atomic E-state index is 12.4. The summed E-state index contributed by atoms with van der Waals surface area (Å²) in [6.45, 7) is 4.82. The zero-order chi connectivity index (χ0) is 17.7. The highest BCUT2D eigenvalue weighted by atomic mass is 16.5. The largest absolute Gasteiger partial charge is 0.497 e. The number of rotatable bonds is 7. The van der Waals surface area contributed by atoms with Crippen LogP contribution < -0.4 is 4.74 Å². The van der Waals surface area contributed by atoms with Crippen LogP contribution in [-0.2, 0) is 11.3 Å². The van der Waals surface area contributed by atoms with Crippen molar-refractivity contribution < 1.29 is 13.9 Å². The highest BCUT2D eigenvalue weighted by molar-refractivity contribution is 5.77. The van der Waals surface area contributed by atoms with E-state index in [0.717, 1.165) is 22.8 Å². The molecule has 0 bridgehead atoms. The molecule has 0 N–H and O–H groups in total. The molecule has 1 aromatic heterocycles. The SMILES string of the molecule is COc1ccc(C(C)N(C)CC(=O)N(C)Cc2ccc(C)o2)cc1. The van der Waals surface area contributed by atoms with Crippen LogP contribution in [0.2, 0.25) is 0 Å². The number of hydrogen-bond acceptors (Lipinski definition) is 4. The molecule has 24 heavy (non-hydrogen) atoms. The maximum absolute atomic E-state index is 12.4. The van der Waals surface area contributed by atoms with Gasteiger partial charge in [0.05, 0.1) is 20.2 Å². The number of carbonyl (C=O) groups is 1. The van der Waals surface area contributed by atoms with Crippen molar-refractivity contribution in [3.63, 3.8) is 0 Å². The number of furan rings is 1. The van der Waals surface area contributed by atoms with Gasteiger partial charge in [-0.05, 0) is 50.7 Å². The minimum absolute atomic E-state index is 0.0620. The van der Waals surface area contributed by atoms with Gasteiger partial charge in [-0.2, -0.15) is 0 Å². The lowest BCUT2D eigenvalue weighted by Crippen LogP contribution is -2.37. The number of hydrogen-bond donors (Lipinski definition) is 0. The molecule has 2 rings (SSSR count). The van der Waals surface area contributed by atoms with Crippen LogP contribution in [0.15, 0.2) is 40.8 Å². The van der Waals surface area contributed by atoms with Gasteiger partial charge in [0.2, 0.25) is 5.91 Å². The molecule has 2 aromatic rings. The Morgan fingerprint density at radius 1 is 1.17 bits per heavy atom. The standard InChI is InChI=1S/C19H26N2O3/c1-14-6-9-18(24-14)12-21(4)19(22)13-20(3)15(2)16-7-10-17(23-5)11-8-16/h6-11,15H,12-13H2,1-5H3. The van der Waals surface area contributed by atoms with Crippen molar-refractivity contribution in [1.29, 1.82) is 0 Å². The Kier molecular flexibility index (Phi) is 6.04. The van der Waals surface area contributed by atoms with E-state index in [0.29, 0.717) is 13.1 Å². The second kappa shape index (κ2) is 8.02. The maximum Gasteiger partial charge on any atom is 0.236 e. The summed E-state index contributed by atoms with van der Waals surface area (Å²) in [5, 5.41) is 0. The van der Waals surface area contributed by atoms with E-state index < -0.39 is 0 Å². The molecule has 0 saturated heterocycles. The lowest BCUT2D eigenvalue weighted by atomic mass is 10.1. The van der Waals surface area contributed by atoms with Crippen LogP contribution in [0.4, 0.5) is 0 Å². The fourth-order valence-corrected chi connectivity index (χ4v) is 2.50. The third kappa shape index (κ3) is 4.61. The van der Waals surface area contributed by atoms with E-state index in [4.69, 9.17) is 9.15 Å². The third-order valence-corrected chi connectivity index (χ3v) is 4.26. The molecule has 0 radical (unpaired) electrons. The number of methoxy groups -OCH3 is 1. The number of aryl methyl sites for hydroxylation is 1. The Morgan fingerprint density at radius 3 is 2.38 bits per heavy atom. The van der Waals surface area contributed by atoms with Crippen molar-refractivity contribution in [2.45, 2.75) is 26.4 Å². The van der Waals surface area contributed by atoms with E-state index in [1.165, 1.54) is 0 Å². The molecule has 0 aliphatic carbocycles. The van der Waals surface area contributed by atoms with E-state index >= 15 is 0 Å². The molecule has 0 saturated carbocycles. The number of amides is 1. The number of likely N-dealkylation sites (N-methyl/N-ethyl adjacent to an activating group) is 2. The second-order valence-corrected chi connectivity index (χ2v) is 6.13. The van der Waals surface area contributed by atoms with Crippen molar-refractivity contribution in [2.75, 3.05) is 27.7 Å². The molecule has 1 unspecified atom stereocenters. The fraction of sp³-hybridized carbons (Fsp3) is 0.421. The van der Waals surface area contributed by atoms with E-state index in [9.17, 15) is 4.79 Å². The number of ether oxygens (including phenoxy) is 1. The summed E-state index contributed by atoms with van der Waals surface area (Å²) < 4.78 is 10.7. The average molecular weight is 330 g/mol. The van der Waals surface area contributed by atoms with Crippen LogP contribution in [0.25, 0.3) is 0 Å². The molecule has 0 spiro atoms. The van der Waals surface area contributed by atoms with Gasteiger partial charge >= 0.3 is 0 Å². The first kappa shape index (κ1) is 18.1. The van der Waals surface area contributed by atoms with Crippen LogP contribution in [0.1, 0.15) is 30.0 Å². The van der Waals surface area contributed by atoms with E-state index in [2.05, 4.69) is 6.92 Å². The predicted octanol–water partition coefficient (Wildman–Crippen LogP) is 3.25. The summed E-state index contributed by atoms with van der Waals surface area (Å²) in [6.07, 6.45) is 0. The molecule has 1 heterocycles. The van der Waals surface area contributed by atoms with Crippen LogP contribution >= 0.6 is 0 Å². The molecular formula is C19H26N2O3. The van der Waals surface area contributed by atoms with Crippen molar-refractivity contribution in [3.8, 4) is 5.75 Å². The van der Waals surface area contributed by atoms with Gasteiger partial charge in [-0.15, -0.1) is 0 Å². The Morgan fingerprint density at radius 2 is 1.83 bits per heavy atom. The van der Waals surface area contributed by atoms with Crippen LogP contribution in [0, 0.1) is 6.92 Å². The summed E-state index contributed by atoms with van der Waals surface area (Å²) in [4.78, 5) is 16.1. The predicted molar refractivity (Wildman–Crippen MR) is 94.0 cm³/mol. The molecule has 0 fully saturated rings. The third-order valence-electron chi connectivity index (χ3n) is 4.26. The van der Waals surface area contributed by atoms with Gasteiger partial charge in [-0.3, -0.25) is 9.69 Å². The van der Waals surface area contributed by atoms with Gasteiger partial charge in [0.25, 0.3) is 0 Å². The Hall–Kier alpha value is -2.27. The van der Waals surface area contributed by atoms with E-state index in [-0.39, 0.29) is 11.9 Å². The summed E-state index contributed by atoms with van der Waals surface area (Å²) >= 11 is 0. The van der Waals surface area contributed by atoms with Crippen LogP contribution in [0.3, 0.4) is 0 Å². The van der Waals surface area contributed by atoms with Crippen LogP contribution in [-0.4, -0.2) is 43.5 Å². The van der Waals surface area contributed by atoms with Gasteiger partial charge < -0.3 is 14.1 Å². The van der Waals surface area contributed by atoms with Crippen molar-refractivity contribution in [2.24, 2.45) is 0 Å². The smallest absolute Gasteiger partial charge is 0.236 e. The minimum atomic E-state index is 0.0620. The highest BCUT2D eigenvalue weighted by Gasteiger charge is 2.18. The van der Waals surface area contributed by atoms with Gasteiger partial charge in [-0.25, -0.2) is 0 Å². The average Bonchev–Trinajstić information content (AvgIpc) is 2.98. The lowest BCUT2D eigenvalue weighted by molar-refractivity contribution is -0.132. The zero-order valence-corrected chi connectivity index (χ0v) is 15.1. The molecular weight excluding hydrogens is 304 g/mol. The molecule has 1 aromatic carbocycles. The topological polar surface area (TPSA) is 45.9 Å². The number of carbonyl (C=O) groups excluding carboxylic acids is 1. The van der Waals surface area contributed by atoms with Crippen molar-refractivity contribution in [3.05, 3.63) is 53.5 Å². The first-order valence-electron chi connectivity index (χ1n) is 8.04. The molecule has 1 atom stereocenters. The molecule has 5 heteroatoms. The van der Waals surface area contributed by atoms with Gasteiger partial charge in [0.15, 0.2) is 0 Å². The zero-order valence-electron chi connectivity index (χ0n) is 15.1. The first-order chi connectivity index (χ1) is 11.4. The summed E-state index contributed by atoms with van der Waals surface area (Å²) in [5.74, 6) is 2.55. The molecule has 130 valence electrons. The monoisotopic (exact) mass is 330 g/mol. The van der Waals surface area contributed by atoms with Crippen LogP contribution in [0.5, 0.6) is 5.75 Å². The van der Waals surface area contributed by atoms with E-state index in [1.54, 1.807) is 19.1 Å². The number of nitrogens with zero attached hydrogens (tertiary/aromatic N) is 2. The highest BCUT2D eigenvalue weighted by Crippen LogP contribution is 2.21. The normalized spacial score (nSPS) is 12.2. The molecule has 5 nitrogen and oxygen atoms in total. The van der Waals surface area contributed by atoms with Gasteiger partial charge in [0.1, 0.15) is 17.3 Å². The fourth-order valence-electron chi connectivity index (χ4n) is 2.50. The Bertz CT molecular complexity index is 664. The molecule has 1 amide bonds. The molecule has 0 aliphatic heterocycles. The van der Waals surface area contributed by atoms with Crippen molar-refractivity contribution >= 4 is 5.91 Å². The summed E-state index contributed by atoms with van der Waals surface area (Å²) in [7, 11) is 5.41. The first-order valence-corrected chi connectivity index (χ1v) is 8.04. The Labute approximate surface area is 143 Å². The quantitative estimate of drug-likeness (QED) is 0.782. The summed E-state index contributed by atoms with van der Waals surface area (Å²) in [6, 6.07) is 11.9. The summed E-state index contributed by atoms with van der Waals surface area (Å²) in [5.41, 5.74) is 1.15. The van der Waals surface area contributed by atoms with Gasteiger partial charge in [-0.1, -0.05) is 12.1 Å². The van der Waals surface area contributed by atoms with E-state index in [1.807, 2.05) is 55.3 Å². The van der Waals surface area contributed by atoms with Crippen molar-refractivity contribution in [1.82, 2.24) is 9.80 Å². The number of benzene rings is 1. The molecule has 0 aliphatic rings.